The molecule has 2 aromatic heterocycles. The van der Waals surface area contributed by atoms with Crippen molar-refractivity contribution in [3.63, 3.8) is 0 Å². The van der Waals surface area contributed by atoms with Gasteiger partial charge in [0.05, 0.1) is 11.6 Å². The van der Waals surface area contributed by atoms with Gasteiger partial charge in [-0.15, -0.1) is 0 Å². The monoisotopic (exact) mass is 545 g/mol. The molecule has 8 nitrogen and oxygen atoms in total. The van der Waals surface area contributed by atoms with Crippen LogP contribution in [0.3, 0.4) is 0 Å². The quantitative estimate of drug-likeness (QED) is 0.406. The van der Waals surface area contributed by atoms with E-state index in [0.29, 0.717) is 25.2 Å². The zero-order chi connectivity index (χ0) is 28.9. The van der Waals surface area contributed by atoms with Gasteiger partial charge in [-0.2, -0.15) is 0 Å². The number of nitrogens with one attached hydrogen (secondary N) is 2. The summed E-state index contributed by atoms with van der Waals surface area (Å²) in [7, 11) is 1.73. The molecule has 3 atom stereocenters. The third-order valence-corrected chi connectivity index (χ3v) is 7.87. The highest BCUT2D eigenvalue weighted by atomic mass is 16.2. The van der Waals surface area contributed by atoms with E-state index in [4.69, 9.17) is 0 Å². The van der Waals surface area contributed by atoms with E-state index in [1.165, 1.54) is 0 Å². The van der Waals surface area contributed by atoms with Crippen LogP contribution in [0.1, 0.15) is 56.5 Å². The molecule has 3 amide bonds. The van der Waals surface area contributed by atoms with Crippen LogP contribution >= 0.6 is 0 Å². The smallest absolute Gasteiger partial charge is 0.255 e. The fourth-order valence-electron chi connectivity index (χ4n) is 5.32. The number of aromatic nitrogens is 1. The summed E-state index contributed by atoms with van der Waals surface area (Å²) in [6.45, 7) is 9.30. The number of likely N-dealkylation sites (N-methyl/N-ethyl adjacent to an activating group) is 1. The van der Waals surface area contributed by atoms with E-state index in [2.05, 4.69) is 22.8 Å². The van der Waals surface area contributed by atoms with Gasteiger partial charge in [-0.1, -0.05) is 57.2 Å². The molecule has 40 heavy (non-hydrogen) atoms. The van der Waals surface area contributed by atoms with Crippen molar-refractivity contribution in [3.05, 3.63) is 78.1 Å². The van der Waals surface area contributed by atoms with E-state index < -0.39 is 17.5 Å². The highest BCUT2D eigenvalue weighted by Crippen LogP contribution is 2.27. The van der Waals surface area contributed by atoms with Crippen molar-refractivity contribution in [1.82, 2.24) is 24.8 Å². The minimum atomic E-state index is -0.665. The number of hydrogen-bond acceptors (Lipinski definition) is 4. The maximum atomic E-state index is 14.0. The Kier molecular flexibility index (Phi) is 9.30. The van der Waals surface area contributed by atoms with Crippen molar-refractivity contribution in [3.8, 4) is 0 Å². The van der Waals surface area contributed by atoms with Gasteiger partial charge < -0.3 is 24.8 Å². The van der Waals surface area contributed by atoms with Crippen LogP contribution in [-0.4, -0.2) is 76.7 Å². The Morgan fingerprint density at radius 1 is 1.07 bits per heavy atom. The second kappa shape index (κ2) is 12.7. The maximum absolute atomic E-state index is 14.0. The molecule has 3 aromatic rings. The SMILES string of the molecule is CNC(C)C(=O)NC(C(=O)N1CCCC1CN(CCc1ccccc1)C(=O)c1cc2ccccn2c1)C(C)(C)C. The van der Waals surface area contributed by atoms with Crippen LogP contribution in [0.25, 0.3) is 5.52 Å². The summed E-state index contributed by atoms with van der Waals surface area (Å²) in [6.07, 6.45) is 6.22. The first-order valence-corrected chi connectivity index (χ1v) is 14.3. The second-order valence-corrected chi connectivity index (χ2v) is 11.9. The van der Waals surface area contributed by atoms with Crippen LogP contribution in [-0.2, 0) is 16.0 Å². The normalized spacial score (nSPS) is 17.0. The van der Waals surface area contributed by atoms with Crippen LogP contribution in [0.2, 0.25) is 0 Å². The topological polar surface area (TPSA) is 86.2 Å². The molecule has 1 aliphatic rings. The van der Waals surface area contributed by atoms with E-state index in [1.807, 2.05) is 89.8 Å². The van der Waals surface area contributed by atoms with Gasteiger partial charge in [0, 0.05) is 43.6 Å². The number of amides is 3. The van der Waals surface area contributed by atoms with Crippen molar-refractivity contribution < 1.29 is 14.4 Å². The van der Waals surface area contributed by atoms with E-state index >= 15 is 0 Å². The van der Waals surface area contributed by atoms with Gasteiger partial charge in [-0.25, -0.2) is 0 Å². The molecular formula is C32H43N5O3. The Hall–Kier alpha value is -3.65. The molecule has 214 valence electrons. The van der Waals surface area contributed by atoms with Crippen LogP contribution in [0.15, 0.2) is 67.0 Å². The molecule has 4 rings (SSSR count). The minimum absolute atomic E-state index is 0.0394. The van der Waals surface area contributed by atoms with Crippen molar-refractivity contribution in [1.29, 1.82) is 0 Å². The summed E-state index contributed by atoms with van der Waals surface area (Å²) < 4.78 is 1.96. The molecule has 1 aromatic carbocycles. The van der Waals surface area contributed by atoms with Crippen molar-refractivity contribution in [2.45, 2.75) is 65.1 Å². The summed E-state index contributed by atoms with van der Waals surface area (Å²) in [4.78, 5) is 44.4. The number of fused-ring (bicyclic) bond motifs is 1. The molecule has 1 saturated heterocycles. The van der Waals surface area contributed by atoms with Gasteiger partial charge in [-0.3, -0.25) is 14.4 Å². The Labute approximate surface area is 237 Å². The third-order valence-electron chi connectivity index (χ3n) is 7.87. The lowest BCUT2D eigenvalue weighted by Gasteiger charge is -2.37. The van der Waals surface area contributed by atoms with Crippen molar-refractivity contribution in [2.24, 2.45) is 5.41 Å². The number of nitrogens with zero attached hydrogens (tertiary/aromatic N) is 3. The number of carbonyl (C=O) groups excluding carboxylic acids is 3. The third kappa shape index (κ3) is 6.91. The van der Waals surface area contributed by atoms with Crippen LogP contribution in [0, 0.1) is 5.41 Å². The predicted octanol–water partition coefficient (Wildman–Crippen LogP) is 3.75. The first-order chi connectivity index (χ1) is 19.1. The molecule has 2 N–H and O–H groups in total. The zero-order valence-electron chi connectivity index (χ0n) is 24.4. The second-order valence-electron chi connectivity index (χ2n) is 11.9. The van der Waals surface area contributed by atoms with Gasteiger partial charge in [-0.05, 0) is 62.4 Å². The first kappa shape index (κ1) is 29.3. The van der Waals surface area contributed by atoms with E-state index in [-0.39, 0.29) is 23.8 Å². The number of benzene rings is 1. The predicted molar refractivity (Wildman–Crippen MR) is 158 cm³/mol. The molecular weight excluding hydrogens is 502 g/mol. The average Bonchev–Trinajstić information content (AvgIpc) is 3.59. The molecule has 0 saturated carbocycles. The summed E-state index contributed by atoms with van der Waals surface area (Å²) in [5, 5.41) is 5.94. The summed E-state index contributed by atoms with van der Waals surface area (Å²) in [5.74, 6) is -0.328. The van der Waals surface area contributed by atoms with Crippen LogP contribution in [0.5, 0.6) is 0 Å². The zero-order valence-corrected chi connectivity index (χ0v) is 24.4. The molecule has 0 spiro atoms. The molecule has 0 aliphatic carbocycles. The van der Waals surface area contributed by atoms with E-state index in [0.717, 1.165) is 30.3 Å². The Balaban J connectivity index is 1.56. The lowest BCUT2D eigenvalue weighted by molar-refractivity contribution is -0.140. The Morgan fingerprint density at radius 2 is 1.80 bits per heavy atom. The highest BCUT2D eigenvalue weighted by Gasteiger charge is 2.40. The van der Waals surface area contributed by atoms with Crippen LogP contribution < -0.4 is 10.6 Å². The number of pyridine rings is 1. The van der Waals surface area contributed by atoms with Gasteiger partial charge in [0.15, 0.2) is 0 Å². The van der Waals surface area contributed by atoms with Crippen molar-refractivity contribution in [2.75, 3.05) is 26.7 Å². The Bertz CT molecular complexity index is 1280. The largest absolute Gasteiger partial charge is 0.342 e. The molecule has 1 aliphatic heterocycles. The molecule has 0 radical (unpaired) electrons. The first-order valence-electron chi connectivity index (χ1n) is 14.3. The van der Waals surface area contributed by atoms with Gasteiger partial charge in [0.1, 0.15) is 6.04 Å². The van der Waals surface area contributed by atoms with Crippen molar-refractivity contribution >= 4 is 23.2 Å². The lowest BCUT2D eigenvalue weighted by atomic mass is 9.85. The lowest BCUT2D eigenvalue weighted by Crippen LogP contribution is -2.59. The molecule has 3 heterocycles. The Morgan fingerprint density at radius 3 is 2.48 bits per heavy atom. The average molecular weight is 546 g/mol. The number of hydrogen-bond donors (Lipinski definition) is 2. The van der Waals surface area contributed by atoms with Crippen LogP contribution in [0.4, 0.5) is 0 Å². The number of rotatable bonds is 10. The standard InChI is InChI=1S/C32H43N5O3/c1-23(33-5)29(38)34-28(32(2,3)4)31(40)37-18-11-15-27(37)22-36(19-16-24-12-7-6-8-13-24)30(39)25-20-26-14-9-10-17-35(26)21-25/h6-10,12-14,17,20-21,23,27-28,33H,11,15-16,18-19,22H2,1-5H3,(H,34,38). The summed E-state index contributed by atoms with van der Waals surface area (Å²) >= 11 is 0. The fraction of sp³-hybridized carbons (Fsp3) is 0.469. The van der Waals surface area contributed by atoms with Gasteiger partial charge >= 0.3 is 0 Å². The fourth-order valence-corrected chi connectivity index (χ4v) is 5.32. The van der Waals surface area contributed by atoms with Gasteiger partial charge in [0.2, 0.25) is 11.8 Å². The highest BCUT2D eigenvalue weighted by molar-refractivity contribution is 5.96. The maximum Gasteiger partial charge on any atom is 0.255 e. The van der Waals surface area contributed by atoms with E-state index in [1.54, 1.807) is 14.0 Å². The van der Waals surface area contributed by atoms with E-state index in [9.17, 15) is 14.4 Å². The van der Waals surface area contributed by atoms with Gasteiger partial charge in [0.25, 0.3) is 5.91 Å². The molecule has 0 bridgehead atoms. The summed E-state index contributed by atoms with van der Waals surface area (Å²) in [6, 6.07) is 16.8. The number of carbonyl (C=O) groups is 3. The minimum Gasteiger partial charge on any atom is -0.342 e. The summed E-state index contributed by atoms with van der Waals surface area (Å²) in [5.41, 5.74) is 2.29. The molecule has 3 unspecified atom stereocenters. The number of likely N-dealkylation sites (tertiary alicyclic amines) is 1. The molecule has 8 heteroatoms. The molecule has 1 fully saturated rings.